The fourth-order valence-corrected chi connectivity index (χ4v) is 4.53. The fraction of sp³-hybridized carbons (Fsp3) is 0.458. The molecule has 0 bridgehead atoms. The summed E-state index contributed by atoms with van der Waals surface area (Å²) >= 11 is 0. The number of benzene rings is 1. The van der Waals surface area contributed by atoms with E-state index in [4.69, 9.17) is 4.74 Å². The number of hydrogen-bond acceptors (Lipinski definition) is 5. The molecule has 3 heterocycles. The molecule has 1 aliphatic heterocycles. The minimum Gasteiger partial charge on any atom is -0.455 e. The molecular weight excluding hydrogens is 411 g/mol. The highest BCUT2D eigenvalue weighted by Crippen LogP contribution is 2.31. The topological polar surface area (TPSA) is 75.9 Å². The lowest BCUT2D eigenvalue weighted by atomic mass is 9.99. The molecule has 1 aromatic carbocycles. The summed E-state index contributed by atoms with van der Waals surface area (Å²) in [6.45, 7) is 12.3. The largest absolute Gasteiger partial charge is 0.455 e. The number of rotatable bonds is 2. The molecule has 0 saturated carbocycles. The van der Waals surface area contributed by atoms with Gasteiger partial charge in [0, 0.05) is 30.6 Å². The third kappa shape index (κ3) is 3.95. The molecule has 7 nitrogen and oxygen atoms in total. The van der Waals surface area contributed by atoms with Crippen LogP contribution >= 0.6 is 0 Å². The second-order valence-electron chi connectivity index (χ2n) is 9.65. The van der Waals surface area contributed by atoms with E-state index in [9.17, 15) is 14.0 Å². The number of carbonyl (C=O) groups is 2. The van der Waals surface area contributed by atoms with Crippen LogP contribution in [0.4, 0.5) is 4.39 Å². The first-order chi connectivity index (χ1) is 15.0. The number of hydrogen-bond donors (Lipinski definition) is 1. The smallest absolute Gasteiger partial charge is 0.359 e. The van der Waals surface area contributed by atoms with Gasteiger partial charge in [0.1, 0.15) is 17.7 Å². The highest BCUT2D eigenvalue weighted by molar-refractivity contribution is 6.11. The van der Waals surface area contributed by atoms with Crippen molar-refractivity contribution in [1.29, 1.82) is 0 Å². The lowest BCUT2D eigenvalue weighted by molar-refractivity contribution is 0.00655. The Hall–Kier alpha value is -3.00. The summed E-state index contributed by atoms with van der Waals surface area (Å²) in [5.74, 6) is -1.18. The van der Waals surface area contributed by atoms with E-state index in [0.29, 0.717) is 40.6 Å². The second-order valence-corrected chi connectivity index (χ2v) is 9.65. The summed E-state index contributed by atoms with van der Waals surface area (Å²) in [7, 11) is 0. The minimum atomic E-state index is -0.688. The number of piperazine rings is 1. The van der Waals surface area contributed by atoms with Gasteiger partial charge in [0.2, 0.25) is 0 Å². The predicted octanol–water partition coefficient (Wildman–Crippen LogP) is 3.71. The van der Waals surface area contributed by atoms with E-state index in [1.54, 1.807) is 43.1 Å². The monoisotopic (exact) mass is 440 g/mol. The number of aryl methyl sites for hydroxylation is 1. The highest BCUT2D eigenvalue weighted by Gasteiger charge is 2.31. The van der Waals surface area contributed by atoms with E-state index in [2.05, 4.69) is 10.3 Å². The summed E-state index contributed by atoms with van der Waals surface area (Å²) in [6, 6.07) is 4.60. The van der Waals surface area contributed by atoms with E-state index in [1.807, 2.05) is 13.8 Å². The van der Waals surface area contributed by atoms with Crippen LogP contribution in [0.1, 0.15) is 61.0 Å². The van der Waals surface area contributed by atoms with Crippen molar-refractivity contribution in [3.63, 3.8) is 0 Å². The lowest BCUT2D eigenvalue weighted by Crippen LogP contribution is -2.56. The van der Waals surface area contributed by atoms with Gasteiger partial charge in [-0.3, -0.25) is 9.20 Å². The number of carbonyl (C=O) groups excluding carboxylic acids is 2. The summed E-state index contributed by atoms with van der Waals surface area (Å²) in [6.07, 6.45) is 1.52. The molecule has 170 valence electrons. The van der Waals surface area contributed by atoms with Crippen LogP contribution in [0.5, 0.6) is 0 Å². The van der Waals surface area contributed by atoms with Gasteiger partial charge < -0.3 is 15.0 Å². The number of nitrogens with zero attached hydrogens (tertiary/aromatic N) is 3. The molecule has 3 aromatic rings. The number of aromatic nitrogens is 2. The van der Waals surface area contributed by atoms with Gasteiger partial charge in [-0.2, -0.15) is 0 Å². The molecule has 1 fully saturated rings. The normalized spacial score (nSPS) is 19.5. The van der Waals surface area contributed by atoms with Crippen molar-refractivity contribution in [3.8, 4) is 0 Å². The van der Waals surface area contributed by atoms with E-state index in [1.165, 1.54) is 18.5 Å². The summed E-state index contributed by atoms with van der Waals surface area (Å²) in [5, 5.41) is 3.91. The molecule has 8 heteroatoms. The average Bonchev–Trinajstić information content (AvgIpc) is 3.11. The Bertz CT molecular complexity index is 1220. The Balaban J connectivity index is 1.95. The number of imidazole rings is 1. The molecule has 4 rings (SSSR count). The summed E-state index contributed by atoms with van der Waals surface area (Å²) < 4.78 is 21.5. The molecule has 1 N–H and O–H groups in total. The molecule has 0 radical (unpaired) electrons. The van der Waals surface area contributed by atoms with Gasteiger partial charge in [0.05, 0.1) is 16.6 Å². The van der Waals surface area contributed by atoms with Gasteiger partial charge in [-0.15, -0.1) is 0 Å². The van der Waals surface area contributed by atoms with Crippen LogP contribution in [-0.4, -0.2) is 56.9 Å². The molecular formula is C24H29FN4O3. The number of pyridine rings is 1. The number of nitrogens with one attached hydrogen (secondary N) is 1. The first-order valence-corrected chi connectivity index (χ1v) is 10.8. The molecule has 32 heavy (non-hydrogen) atoms. The lowest BCUT2D eigenvalue weighted by Gasteiger charge is -2.36. The van der Waals surface area contributed by atoms with Crippen LogP contribution < -0.4 is 5.32 Å². The number of ether oxygens (including phenoxy) is 1. The Kier molecular flexibility index (Phi) is 5.45. The van der Waals surface area contributed by atoms with Gasteiger partial charge in [0.25, 0.3) is 5.91 Å². The van der Waals surface area contributed by atoms with Crippen molar-refractivity contribution in [2.24, 2.45) is 0 Å². The zero-order chi connectivity index (χ0) is 23.4. The molecule has 0 aliphatic carbocycles. The zero-order valence-electron chi connectivity index (χ0n) is 19.3. The van der Waals surface area contributed by atoms with E-state index in [-0.39, 0.29) is 23.7 Å². The van der Waals surface area contributed by atoms with Crippen LogP contribution in [0, 0.1) is 12.7 Å². The van der Waals surface area contributed by atoms with Crippen molar-refractivity contribution in [2.45, 2.75) is 59.2 Å². The summed E-state index contributed by atoms with van der Waals surface area (Å²) in [4.78, 5) is 32.7. The maximum atomic E-state index is 14.3. The number of fused-ring (bicyclic) bond motifs is 3. The molecule has 1 aliphatic rings. The van der Waals surface area contributed by atoms with Crippen molar-refractivity contribution in [1.82, 2.24) is 19.6 Å². The van der Waals surface area contributed by atoms with E-state index in [0.717, 1.165) is 0 Å². The minimum absolute atomic E-state index is 0.139. The number of esters is 1. The maximum Gasteiger partial charge on any atom is 0.359 e. The van der Waals surface area contributed by atoms with Gasteiger partial charge in [-0.1, -0.05) is 0 Å². The van der Waals surface area contributed by atoms with Gasteiger partial charge in [0.15, 0.2) is 5.69 Å². The number of amides is 1. The first kappa shape index (κ1) is 22.2. The SMILES string of the molecule is Cc1c(C(=O)N2C[C@@H](C)N[C@@H](C)C2)c2cc(F)ccc2n2cnc(C(=O)OC(C)(C)C)c12. The molecule has 2 aromatic heterocycles. The summed E-state index contributed by atoms with van der Waals surface area (Å²) in [5.41, 5.74) is 1.52. The third-order valence-corrected chi connectivity index (χ3v) is 5.64. The average molecular weight is 441 g/mol. The Labute approximate surface area is 186 Å². The third-order valence-electron chi connectivity index (χ3n) is 5.64. The molecule has 0 unspecified atom stereocenters. The molecule has 1 saturated heterocycles. The van der Waals surface area contributed by atoms with Crippen LogP contribution in [0.2, 0.25) is 0 Å². The van der Waals surface area contributed by atoms with Crippen LogP contribution in [0.3, 0.4) is 0 Å². The standard InChI is InChI=1S/C24H29FN4O3/c1-13-10-28(11-14(2)27-13)22(30)19-15(3)21-20(23(31)32-24(4,5)6)26-12-29(21)18-8-7-16(25)9-17(18)19/h7-9,12-14,27H,10-11H2,1-6H3/t13-,14+. The highest BCUT2D eigenvalue weighted by atomic mass is 19.1. The fourth-order valence-electron chi connectivity index (χ4n) is 4.53. The van der Waals surface area contributed by atoms with Crippen molar-refractivity contribution in [2.75, 3.05) is 13.1 Å². The Morgan fingerprint density at radius 2 is 1.84 bits per heavy atom. The second kappa shape index (κ2) is 7.85. The molecule has 1 amide bonds. The van der Waals surface area contributed by atoms with Crippen LogP contribution in [-0.2, 0) is 4.74 Å². The molecule has 0 spiro atoms. The molecule has 2 atom stereocenters. The number of halogens is 1. The predicted molar refractivity (Wildman–Crippen MR) is 121 cm³/mol. The van der Waals surface area contributed by atoms with E-state index < -0.39 is 17.4 Å². The van der Waals surface area contributed by atoms with Crippen molar-refractivity contribution < 1.29 is 18.7 Å². The quantitative estimate of drug-likeness (QED) is 0.615. The van der Waals surface area contributed by atoms with Gasteiger partial charge >= 0.3 is 5.97 Å². The zero-order valence-corrected chi connectivity index (χ0v) is 19.3. The first-order valence-electron chi connectivity index (χ1n) is 10.8. The van der Waals surface area contributed by atoms with Gasteiger partial charge in [-0.05, 0) is 65.3 Å². The van der Waals surface area contributed by atoms with Crippen molar-refractivity contribution >= 4 is 28.3 Å². The van der Waals surface area contributed by atoms with Crippen molar-refractivity contribution in [3.05, 3.63) is 47.2 Å². The van der Waals surface area contributed by atoms with E-state index >= 15 is 0 Å². The van der Waals surface area contributed by atoms with Gasteiger partial charge in [-0.25, -0.2) is 14.2 Å². The Morgan fingerprint density at radius 1 is 1.19 bits per heavy atom. The van der Waals surface area contributed by atoms with Crippen LogP contribution in [0.25, 0.3) is 16.4 Å². The van der Waals surface area contributed by atoms with Crippen LogP contribution in [0.15, 0.2) is 24.5 Å². The maximum absolute atomic E-state index is 14.3. The Morgan fingerprint density at radius 3 is 2.47 bits per heavy atom.